The summed E-state index contributed by atoms with van der Waals surface area (Å²) in [6, 6.07) is 66.9. The van der Waals surface area contributed by atoms with Gasteiger partial charge in [0, 0.05) is 5.56 Å². The second-order valence-corrected chi connectivity index (χ2v) is 25.8. The quantitative estimate of drug-likeness (QED) is 0.144. The predicted octanol–water partition coefficient (Wildman–Crippen LogP) is 19.5. The molecule has 0 aliphatic heterocycles. The van der Waals surface area contributed by atoms with Crippen LogP contribution in [0.3, 0.4) is 0 Å². The zero-order valence-electron chi connectivity index (χ0n) is 46.9. The van der Waals surface area contributed by atoms with E-state index in [-0.39, 0.29) is 27.1 Å². The van der Waals surface area contributed by atoms with Gasteiger partial charge >= 0.3 is 0 Å². The van der Waals surface area contributed by atoms with Gasteiger partial charge in [0.2, 0.25) is 0 Å². The fourth-order valence-electron chi connectivity index (χ4n) is 10.3. The molecule has 0 saturated heterocycles. The number of rotatable bonds is 9. The molecule has 0 aliphatic rings. The van der Waals surface area contributed by atoms with Crippen molar-refractivity contribution in [3.05, 3.63) is 216 Å². The molecule has 3 heteroatoms. The molecule has 376 valence electrons. The first-order valence-corrected chi connectivity index (χ1v) is 26.7. The van der Waals surface area contributed by atoms with E-state index < -0.39 is 0 Å². The Balaban J connectivity index is 1.46. The van der Waals surface area contributed by atoms with Gasteiger partial charge in [-0.1, -0.05) is 285 Å². The molecule has 0 N–H and O–H groups in total. The molecule has 1 heterocycles. The van der Waals surface area contributed by atoms with E-state index in [0.29, 0.717) is 6.54 Å². The minimum Gasteiger partial charge on any atom is -0.247 e. The summed E-state index contributed by atoms with van der Waals surface area (Å²) >= 11 is 0. The summed E-state index contributed by atoms with van der Waals surface area (Å²) in [6.45, 7) is 35.2. The normalized spacial score (nSPS) is 12.6. The van der Waals surface area contributed by atoms with Crippen molar-refractivity contribution in [2.45, 2.75) is 137 Å². The van der Waals surface area contributed by atoms with Crippen molar-refractivity contribution in [2.75, 3.05) is 0 Å². The highest BCUT2D eigenvalue weighted by Gasteiger charge is 2.31. The molecule has 3 nitrogen and oxygen atoms in total. The van der Waals surface area contributed by atoms with Crippen LogP contribution < -0.4 is 0 Å². The van der Waals surface area contributed by atoms with Crippen LogP contribution in [0.15, 0.2) is 182 Å². The van der Waals surface area contributed by atoms with Crippen LogP contribution in [0.1, 0.15) is 137 Å². The van der Waals surface area contributed by atoms with Crippen molar-refractivity contribution in [3.63, 3.8) is 0 Å². The summed E-state index contributed by atoms with van der Waals surface area (Å²) in [5, 5.41) is 9.29. The fourth-order valence-corrected chi connectivity index (χ4v) is 10.3. The lowest BCUT2D eigenvalue weighted by molar-refractivity contribution is 0.590. The number of benzene rings is 8. The summed E-state index contributed by atoms with van der Waals surface area (Å²) in [4.78, 5) is 0. The molecule has 74 heavy (non-hydrogen) atoms. The summed E-state index contributed by atoms with van der Waals surface area (Å²) in [5.41, 5.74) is 23.7. The van der Waals surface area contributed by atoms with E-state index >= 15 is 0 Å². The first kappa shape index (κ1) is 51.8. The standard InChI is InChI=1S/C71H77N3/c1-67(2,3)55-35-25-50(26-36-55)62-61(49-23-21-48(22-24-49)60-46-74(73-72-60)45-47-19-17-16-18-20-47)63(51-27-37-56(38-28-51)68(4,5)6)65(53-31-41-58(42-32-53)70(10,11)12)66(54-33-43-59(44-34-54)71(13,14)15)64(62)52-29-39-57(40-30-52)69(7,8)9/h16-44,46H,45H2,1-15H3. The van der Waals surface area contributed by atoms with Crippen LogP contribution in [0.5, 0.6) is 0 Å². The van der Waals surface area contributed by atoms with Crippen molar-refractivity contribution >= 4 is 0 Å². The highest BCUT2D eigenvalue weighted by atomic mass is 15.4. The Kier molecular flexibility index (Phi) is 13.7. The average molecular weight is 972 g/mol. The topological polar surface area (TPSA) is 30.7 Å². The SMILES string of the molecule is CC(C)(C)c1ccc(-c2c(-c3ccc(-c4cn(Cc5ccccc5)nn4)cc3)c(-c3ccc(C(C)(C)C)cc3)c(-c3ccc(C(C)(C)C)cc3)c(-c3ccc(C(C)(C)C)cc3)c2-c2ccc(C(C)(C)C)cc2)cc1. The second kappa shape index (κ2) is 19.6. The first-order valence-electron chi connectivity index (χ1n) is 26.7. The van der Waals surface area contributed by atoms with Crippen LogP contribution in [0.2, 0.25) is 0 Å². The Bertz CT molecular complexity index is 3230. The van der Waals surface area contributed by atoms with Crippen molar-refractivity contribution < 1.29 is 0 Å². The smallest absolute Gasteiger partial charge is 0.113 e. The van der Waals surface area contributed by atoms with Gasteiger partial charge < -0.3 is 0 Å². The van der Waals surface area contributed by atoms with Gasteiger partial charge in [-0.15, -0.1) is 5.10 Å². The van der Waals surface area contributed by atoms with Crippen LogP contribution in [0.4, 0.5) is 0 Å². The van der Waals surface area contributed by atoms with Crippen molar-refractivity contribution in [1.29, 1.82) is 0 Å². The van der Waals surface area contributed by atoms with Gasteiger partial charge in [-0.25, -0.2) is 4.68 Å². The molecule has 9 rings (SSSR count). The van der Waals surface area contributed by atoms with Gasteiger partial charge in [0.15, 0.2) is 0 Å². The van der Waals surface area contributed by atoms with Crippen LogP contribution >= 0.6 is 0 Å². The maximum atomic E-state index is 4.71. The van der Waals surface area contributed by atoms with Gasteiger partial charge in [-0.05, 0) is 127 Å². The molecule has 8 aromatic carbocycles. The first-order chi connectivity index (χ1) is 34.8. The van der Waals surface area contributed by atoms with Crippen LogP contribution in [-0.4, -0.2) is 15.0 Å². The number of hydrogen-bond donors (Lipinski definition) is 0. The van der Waals surface area contributed by atoms with Crippen LogP contribution in [-0.2, 0) is 33.6 Å². The fraction of sp³-hybridized carbons (Fsp3) is 0.296. The zero-order valence-corrected chi connectivity index (χ0v) is 46.9. The van der Waals surface area contributed by atoms with E-state index in [1.54, 1.807) is 0 Å². The third-order valence-corrected chi connectivity index (χ3v) is 14.9. The van der Waals surface area contributed by atoms with E-state index in [0.717, 1.165) is 16.8 Å². The maximum Gasteiger partial charge on any atom is 0.113 e. The predicted molar refractivity (Wildman–Crippen MR) is 317 cm³/mol. The lowest BCUT2D eigenvalue weighted by Gasteiger charge is -2.30. The van der Waals surface area contributed by atoms with Gasteiger partial charge in [-0.2, -0.15) is 0 Å². The number of aromatic nitrogens is 3. The Hall–Kier alpha value is -7.10. The Morgan fingerprint density at radius 3 is 0.757 bits per heavy atom. The zero-order chi connectivity index (χ0) is 53.0. The van der Waals surface area contributed by atoms with Crippen molar-refractivity contribution in [2.24, 2.45) is 0 Å². The lowest BCUT2D eigenvalue weighted by Crippen LogP contribution is -2.11. The minimum atomic E-state index is -0.0191. The molecule has 0 radical (unpaired) electrons. The average Bonchev–Trinajstić information content (AvgIpc) is 3.83. The Morgan fingerprint density at radius 1 is 0.284 bits per heavy atom. The van der Waals surface area contributed by atoms with E-state index in [4.69, 9.17) is 5.10 Å². The third kappa shape index (κ3) is 10.9. The molecule has 0 aliphatic carbocycles. The molecule has 1 aromatic heterocycles. The van der Waals surface area contributed by atoms with Gasteiger partial charge in [0.25, 0.3) is 0 Å². The Labute approximate surface area is 443 Å². The third-order valence-electron chi connectivity index (χ3n) is 14.9. The van der Waals surface area contributed by atoms with Crippen molar-refractivity contribution in [3.8, 4) is 78.0 Å². The van der Waals surface area contributed by atoms with Crippen LogP contribution in [0.25, 0.3) is 78.0 Å². The molecule has 0 unspecified atom stereocenters. The number of hydrogen-bond acceptors (Lipinski definition) is 2. The summed E-state index contributed by atoms with van der Waals surface area (Å²) < 4.78 is 1.93. The van der Waals surface area contributed by atoms with Crippen LogP contribution in [0, 0.1) is 0 Å². The molecular weight excluding hydrogens is 895 g/mol. The number of nitrogens with zero attached hydrogens (tertiary/aromatic N) is 3. The monoisotopic (exact) mass is 972 g/mol. The molecule has 0 fully saturated rings. The minimum absolute atomic E-state index is 0.0121. The molecule has 0 spiro atoms. The molecule has 0 bridgehead atoms. The highest BCUT2D eigenvalue weighted by Crippen LogP contribution is 2.56. The lowest BCUT2D eigenvalue weighted by atomic mass is 9.73. The molecular formula is C71H77N3. The van der Waals surface area contributed by atoms with E-state index in [1.165, 1.54) is 94.6 Å². The molecule has 0 atom stereocenters. The molecule has 9 aromatic rings. The van der Waals surface area contributed by atoms with Gasteiger partial charge in [0.1, 0.15) is 5.69 Å². The second-order valence-electron chi connectivity index (χ2n) is 25.8. The van der Waals surface area contributed by atoms with E-state index in [9.17, 15) is 0 Å². The van der Waals surface area contributed by atoms with E-state index in [2.05, 4.69) is 285 Å². The van der Waals surface area contributed by atoms with E-state index in [1.807, 2.05) is 10.7 Å². The van der Waals surface area contributed by atoms with Gasteiger partial charge in [-0.3, -0.25) is 0 Å². The molecule has 0 amide bonds. The van der Waals surface area contributed by atoms with Gasteiger partial charge in [0.05, 0.1) is 12.7 Å². The summed E-state index contributed by atoms with van der Waals surface area (Å²) in [7, 11) is 0. The Morgan fingerprint density at radius 2 is 0.514 bits per heavy atom. The summed E-state index contributed by atoms with van der Waals surface area (Å²) in [5.74, 6) is 0. The maximum absolute atomic E-state index is 4.71. The van der Waals surface area contributed by atoms with Crippen molar-refractivity contribution in [1.82, 2.24) is 15.0 Å². The summed E-state index contributed by atoms with van der Waals surface area (Å²) in [6.07, 6.45) is 2.06. The highest BCUT2D eigenvalue weighted by molar-refractivity contribution is 6.15. The molecule has 0 saturated carbocycles. The largest absolute Gasteiger partial charge is 0.247 e.